The maximum Gasteiger partial charge on any atom is 0.289 e. The summed E-state index contributed by atoms with van der Waals surface area (Å²) in [5.74, 6) is 0.229. The van der Waals surface area contributed by atoms with Gasteiger partial charge in [-0.2, -0.15) is 0 Å². The van der Waals surface area contributed by atoms with Gasteiger partial charge in [0.05, 0.1) is 18.5 Å². The van der Waals surface area contributed by atoms with Crippen molar-refractivity contribution in [3.63, 3.8) is 0 Å². The summed E-state index contributed by atoms with van der Waals surface area (Å²) in [5.41, 5.74) is 0.828. The van der Waals surface area contributed by atoms with Crippen molar-refractivity contribution in [3.8, 4) is 0 Å². The van der Waals surface area contributed by atoms with Gasteiger partial charge < -0.3 is 14.6 Å². The van der Waals surface area contributed by atoms with E-state index < -0.39 is 0 Å². The smallest absolute Gasteiger partial charge is 0.289 e. The monoisotopic (exact) mass is 439 g/mol. The number of anilines is 1. The summed E-state index contributed by atoms with van der Waals surface area (Å²) in [4.78, 5) is 28.2. The van der Waals surface area contributed by atoms with Crippen LogP contribution in [0.15, 0.2) is 47.1 Å². The van der Waals surface area contributed by atoms with Gasteiger partial charge in [0, 0.05) is 29.7 Å². The maximum atomic E-state index is 12.2. The second-order valence-corrected chi connectivity index (χ2v) is 6.74. The highest BCUT2D eigenvalue weighted by Crippen LogP contribution is 2.17. The van der Waals surface area contributed by atoms with Crippen molar-refractivity contribution >= 4 is 40.1 Å². The predicted octanol–water partition coefficient (Wildman–Crippen LogP) is 2.28. The van der Waals surface area contributed by atoms with Crippen LogP contribution in [0, 0.1) is 3.57 Å². The summed E-state index contributed by atoms with van der Waals surface area (Å²) in [6.45, 7) is 2.86. The third-order valence-corrected chi connectivity index (χ3v) is 4.85. The lowest BCUT2D eigenvalue weighted by Gasteiger charge is -2.33. The highest BCUT2D eigenvalue weighted by molar-refractivity contribution is 14.1. The Morgan fingerprint density at radius 1 is 1.08 bits per heavy atom. The van der Waals surface area contributed by atoms with Crippen LogP contribution in [0.5, 0.6) is 0 Å². The van der Waals surface area contributed by atoms with E-state index in [1.165, 1.54) is 6.26 Å². The van der Waals surface area contributed by atoms with Gasteiger partial charge in [-0.05, 0) is 46.9 Å². The van der Waals surface area contributed by atoms with Gasteiger partial charge in [0.1, 0.15) is 0 Å². The van der Waals surface area contributed by atoms with Gasteiger partial charge in [-0.3, -0.25) is 14.5 Å². The lowest BCUT2D eigenvalue weighted by atomic mass is 10.2. The minimum Gasteiger partial charge on any atom is -0.459 e. The first-order chi connectivity index (χ1) is 11.6. The van der Waals surface area contributed by atoms with Gasteiger partial charge in [0.15, 0.2) is 5.76 Å². The Balaban J connectivity index is 1.48. The standard InChI is InChI=1S/C17H18IN3O3/c18-13-4-1-2-5-14(13)19-16(22)12-20-7-9-21(10-8-20)17(23)15-6-3-11-24-15/h1-6,11H,7-10,12H2,(H,19,22). The number of para-hydroxylation sites is 1. The topological polar surface area (TPSA) is 65.8 Å². The van der Waals surface area contributed by atoms with E-state index in [9.17, 15) is 9.59 Å². The highest BCUT2D eigenvalue weighted by Gasteiger charge is 2.24. The lowest BCUT2D eigenvalue weighted by Crippen LogP contribution is -2.50. The van der Waals surface area contributed by atoms with Gasteiger partial charge in [-0.25, -0.2) is 0 Å². The van der Waals surface area contributed by atoms with Crippen LogP contribution in [0.1, 0.15) is 10.6 Å². The van der Waals surface area contributed by atoms with Crippen LogP contribution >= 0.6 is 22.6 Å². The fourth-order valence-corrected chi connectivity index (χ4v) is 3.14. The molecule has 1 fully saturated rings. The average Bonchev–Trinajstić information content (AvgIpc) is 3.11. The zero-order valence-electron chi connectivity index (χ0n) is 13.1. The molecule has 6 nitrogen and oxygen atoms in total. The Morgan fingerprint density at radius 3 is 2.50 bits per heavy atom. The number of rotatable bonds is 4. The molecule has 0 atom stereocenters. The summed E-state index contributed by atoms with van der Waals surface area (Å²) in [5, 5.41) is 2.93. The first kappa shape index (κ1) is 17.0. The Hall–Kier alpha value is -1.87. The fourth-order valence-electron chi connectivity index (χ4n) is 2.62. The van der Waals surface area contributed by atoms with Crippen molar-refractivity contribution in [2.45, 2.75) is 0 Å². The molecule has 2 amide bonds. The van der Waals surface area contributed by atoms with Crippen LogP contribution in [0.4, 0.5) is 5.69 Å². The van der Waals surface area contributed by atoms with Gasteiger partial charge in [0.2, 0.25) is 5.91 Å². The molecule has 1 N–H and O–H groups in total. The number of hydrogen-bond donors (Lipinski definition) is 1. The predicted molar refractivity (Wildman–Crippen MR) is 98.8 cm³/mol. The van der Waals surface area contributed by atoms with Gasteiger partial charge in [-0.15, -0.1) is 0 Å². The zero-order chi connectivity index (χ0) is 16.9. The first-order valence-electron chi connectivity index (χ1n) is 7.73. The fraction of sp³-hybridized carbons (Fsp3) is 0.294. The van der Waals surface area contributed by atoms with Crippen molar-refractivity contribution in [2.75, 3.05) is 38.0 Å². The molecule has 1 aliphatic rings. The van der Waals surface area contributed by atoms with E-state index >= 15 is 0 Å². The third-order valence-electron chi connectivity index (χ3n) is 3.91. The largest absolute Gasteiger partial charge is 0.459 e. The second kappa shape index (κ2) is 7.80. The molecule has 0 aliphatic carbocycles. The molecule has 24 heavy (non-hydrogen) atoms. The summed E-state index contributed by atoms with van der Waals surface area (Å²) < 4.78 is 6.16. The van der Waals surface area contributed by atoms with E-state index in [0.717, 1.165) is 9.26 Å². The minimum absolute atomic E-state index is 0.0371. The number of furan rings is 1. The first-order valence-corrected chi connectivity index (χ1v) is 8.81. The molecule has 3 rings (SSSR count). The van der Waals surface area contributed by atoms with Crippen molar-refractivity contribution in [1.29, 1.82) is 0 Å². The molecule has 0 unspecified atom stereocenters. The molecule has 2 aromatic rings. The average molecular weight is 439 g/mol. The summed E-state index contributed by atoms with van der Waals surface area (Å²) in [7, 11) is 0. The Bertz CT molecular complexity index is 710. The number of carbonyl (C=O) groups excluding carboxylic acids is 2. The number of carbonyl (C=O) groups is 2. The molecule has 1 aliphatic heterocycles. The van der Waals surface area contributed by atoms with E-state index in [2.05, 4.69) is 32.8 Å². The third kappa shape index (κ3) is 4.15. The van der Waals surface area contributed by atoms with Crippen LogP contribution in [0.25, 0.3) is 0 Å². The van der Waals surface area contributed by atoms with E-state index in [0.29, 0.717) is 38.5 Å². The molecule has 0 radical (unpaired) electrons. The number of amides is 2. The molecule has 0 bridgehead atoms. The zero-order valence-corrected chi connectivity index (χ0v) is 15.2. The van der Waals surface area contributed by atoms with Crippen LogP contribution in [0.2, 0.25) is 0 Å². The van der Waals surface area contributed by atoms with E-state index in [-0.39, 0.29) is 11.8 Å². The van der Waals surface area contributed by atoms with Crippen molar-refractivity contribution in [1.82, 2.24) is 9.80 Å². The van der Waals surface area contributed by atoms with E-state index in [1.807, 2.05) is 24.3 Å². The second-order valence-electron chi connectivity index (χ2n) is 5.57. The quantitative estimate of drug-likeness (QED) is 0.743. The molecule has 1 aromatic carbocycles. The van der Waals surface area contributed by atoms with Crippen LogP contribution in [0.3, 0.4) is 0 Å². The lowest BCUT2D eigenvalue weighted by molar-refractivity contribution is -0.117. The number of piperazine rings is 1. The van der Waals surface area contributed by atoms with Gasteiger partial charge in [-0.1, -0.05) is 12.1 Å². The van der Waals surface area contributed by atoms with Gasteiger partial charge >= 0.3 is 0 Å². The molecule has 0 saturated carbocycles. The molecule has 1 saturated heterocycles. The molecular formula is C17H18IN3O3. The van der Waals surface area contributed by atoms with Crippen LogP contribution in [-0.4, -0.2) is 54.3 Å². The summed E-state index contributed by atoms with van der Waals surface area (Å²) >= 11 is 2.20. The van der Waals surface area contributed by atoms with E-state index in [1.54, 1.807) is 17.0 Å². The number of hydrogen-bond acceptors (Lipinski definition) is 4. The van der Waals surface area contributed by atoms with Gasteiger partial charge in [0.25, 0.3) is 5.91 Å². The Kier molecular flexibility index (Phi) is 5.52. The summed E-state index contributed by atoms with van der Waals surface area (Å²) in [6.07, 6.45) is 1.50. The van der Waals surface area contributed by atoms with Crippen molar-refractivity contribution < 1.29 is 14.0 Å². The SMILES string of the molecule is O=C(CN1CCN(C(=O)c2ccco2)CC1)Nc1ccccc1I. The van der Waals surface area contributed by atoms with E-state index in [4.69, 9.17) is 4.42 Å². The highest BCUT2D eigenvalue weighted by atomic mass is 127. The normalized spacial score (nSPS) is 15.3. The number of nitrogens with one attached hydrogen (secondary N) is 1. The number of halogens is 1. The van der Waals surface area contributed by atoms with Crippen LogP contribution < -0.4 is 5.32 Å². The molecular weight excluding hydrogens is 421 g/mol. The maximum absolute atomic E-state index is 12.2. The molecule has 2 heterocycles. The van der Waals surface area contributed by atoms with Crippen LogP contribution in [-0.2, 0) is 4.79 Å². The Morgan fingerprint density at radius 2 is 1.83 bits per heavy atom. The minimum atomic E-state index is -0.0945. The van der Waals surface area contributed by atoms with Crippen molar-refractivity contribution in [2.24, 2.45) is 0 Å². The van der Waals surface area contributed by atoms with Crippen molar-refractivity contribution in [3.05, 3.63) is 52.0 Å². The molecule has 126 valence electrons. The number of nitrogens with zero attached hydrogens (tertiary/aromatic N) is 2. The summed E-state index contributed by atoms with van der Waals surface area (Å²) in [6, 6.07) is 11.1. The molecule has 0 spiro atoms. The Labute approximate surface area is 153 Å². The molecule has 7 heteroatoms. The number of benzene rings is 1. The molecule has 1 aromatic heterocycles.